The number of aromatic nitrogens is 3. The molecule has 0 aliphatic heterocycles. The molecule has 0 atom stereocenters. The first kappa shape index (κ1) is 16.9. The number of hydrogen-bond donors (Lipinski definition) is 0. The molecular formula is C21H18N4O2. The molecule has 0 aliphatic rings. The SMILES string of the molecule is Cc1nc2c(c(C)nn2-c2ccccc2)c(C)c1-c1ccc([N+](=O)[O-])cc1. The smallest absolute Gasteiger partial charge is 0.258 e. The van der Waals surface area contributed by atoms with Crippen LogP contribution in [0, 0.1) is 30.9 Å². The van der Waals surface area contributed by atoms with Crippen molar-refractivity contribution in [3.8, 4) is 16.8 Å². The minimum atomic E-state index is -0.390. The first-order valence-electron chi connectivity index (χ1n) is 8.64. The lowest BCUT2D eigenvalue weighted by molar-refractivity contribution is -0.384. The van der Waals surface area contributed by atoms with E-state index in [0.29, 0.717) is 0 Å². The normalized spacial score (nSPS) is 11.1. The van der Waals surface area contributed by atoms with E-state index in [1.54, 1.807) is 12.1 Å². The zero-order valence-electron chi connectivity index (χ0n) is 15.3. The number of benzene rings is 2. The quantitative estimate of drug-likeness (QED) is 0.385. The third-order valence-corrected chi connectivity index (χ3v) is 4.79. The van der Waals surface area contributed by atoms with Crippen LogP contribution in [0.2, 0.25) is 0 Å². The van der Waals surface area contributed by atoms with Gasteiger partial charge >= 0.3 is 0 Å². The number of nitro groups is 1. The number of aryl methyl sites for hydroxylation is 3. The average molecular weight is 358 g/mol. The number of non-ortho nitro benzene ring substituents is 1. The summed E-state index contributed by atoms with van der Waals surface area (Å²) in [6.45, 7) is 5.99. The van der Waals surface area contributed by atoms with E-state index in [1.807, 2.05) is 48.9 Å². The van der Waals surface area contributed by atoms with Crippen LogP contribution in [0.15, 0.2) is 54.6 Å². The molecule has 0 bridgehead atoms. The summed E-state index contributed by atoms with van der Waals surface area (Å²) in [6, 6.07) is 16.5. The molecule has 2 heterocycles. The van der Waals surface area contributed by atoms with Crippen LogP contribution in [0.4, 0.5) is 5.69 Å². The van der Waals surface area contributed by atoms with Crippen molar-refractivity contribution in [2.75, 3.05) is 0 Å². The van der Waals surface area contributed by atoms with Gasteiger partial charge in [-0.05, 0) is 56.2 Å². The van der Waals surface area contributed by atoms with Crippen LogP contribution < -0.4 is 0 Å². The Morgan fingerprint density at radius 3 is 2.22 bits per heavy atom. The summed E-state index contributed by atoms with van der Waals surface area (Å²) in [4.78, 5) is 15.4. The summed E-state index contributed by atoms with van der Waals surface area (Å²) in [6.07, 6.45) is 0. The Labute approximate surface area is 156 Å². The number of nitrogens with zero attached hydrogens (tertiary/aromatic N) is 4. The van der Waals surface area contributed by atoms with E-state index < -0.39 is 0 Å². The number of nitro benzene ring substituents is 1. The number of pyridine rings is 1. The number of rotatable bonds is 3. The molecule has 2 aromatic carbocycles. The maximum absolute atomic E-state index is 10.9. The van der Waals surface area contributed by atoms with Gasteiger partial charge in [-0.3, -0.25) is 10.1 Å². The summed E-state index contributed by atoms with van der Waals surface area (Å²) < 4.78 is 1.87. The molecule has 0 spiro atoms. The second kappa shape index (κ2) is 6.32. The standard InChI is InChI=1S/C21H18N4O2/c1-13-19(16-9-11-18(12-10-16)25(26)27)14(2)22-21-20(13)15(3)23-24(21)17-7-5-4-6-8-17/h4-12H,1-3H3. The van der Waals surface area contributed by atoms with Crippen LogP contribution in [0.3, 0.4) is 0 Å². The van der Waals surface area contributed by atoms with E-state index in [9.17, 15) is 10.1 Å². The highest BCUT2D eigenvalue weighted by Crippen LogP contribution is 2.34. The van der Waals surface area contributed by atoms with Crippen molar-refractivity contribution in [1.82, 2.24) is 14.8 Å². The topological polar surface area (TPSA) is 73.8 Å². The van der Waals surface area contributed by atoms with Crippen LogP contribution in [0.25, 0.3) is 27.8 Å². The Morgan fingerprint density at radius 2 is 1.59 bits per heavy atom. The maximum atomic E-state index is 10.9. The van der Waals surface area contributed by atoms with Crippen LogP contribution in [-0.2, 0) is 0 Å². The van der Waals surface area contributed by atoms with Gasteiger partial charge in [0.15, 0.2) is 5.65 Å². The summed E-state index contributed by atoms with van der Waals surface area (Å²) in [5, 5.41) is 16.6. The zero-order valence-corrected chi connectivity index (χ0v) is 15.3. The third-order valence-electron chi connectivity index (χ3n) is 4.79. The Hall–Kier alpha value is -3.54. The van der Waals surface area contributed by atoms with E-state index in [1.165, 1.54) is 12.1 Å². The lowest BCUT2D eigenvalue weighted by atomic mass is 9.96. The summed E-state index contributed by atoms with van der Waals surface area (Å²) in [5.41, 5.74) is 6.62. The monoisotopic (exact) mass is 358 g/mol. The molecule has 0 aliphatic carbocycles. The van der Waals surface area contributed by atoms with Crippen LogP contribution in [-0.4, -0.2) is 19.7 Å². The maximum Gasteiger partial charge on any atom is 0.269 e. The van der Waals surface area contributed by atoms with E-state index >= 15 is 0 Å². The molecule has 134 valence electrons. The van der Waals surface area contributed by atoms with Gasteiger partial charge in [0, 0.05) is 28.8 Å². The zero-order chi connectivity index (χ0) is 19.1. The lowest BCUT2D eigenvalue weighted by Gasteiger charge is -2.12. The van der Waals surface area contributed by atoms with Crippen molar-refractivity contribution >= 4 is 16.7 Å². The van der Waals surface area contributed by atoms with Crippen molar-refractivity contribution in [2.45, 2.75) is 20.8 Å². The van der Waals surface area contributed by atoms with Crippen molar-refractivity contribution < 1.29 is 4.92 Å². The van der Waals surface area contributed by atoms with Crippen molar-refractivity contribution in [3.05, 3.63) is 81.7 Å². The van der Waals surface area contributed by atoms with Gasteiger partial charge in [0.25, 0.3) is 5.69 Å². The molecule has 6 nitrogen and oxygen atoms in total. The van der Waals surface area contributed by atoms with Crippen molar-refractivity contribution in [2.24, 2.45) is 0 Å². The largest absolute Gasteiger partial charge is 0.269 e. The highest BCUT2D eigenvalue weighted by atomic mass is 16.6. The van der Waals surface area contributed by atoms with Gasteiger partial charge in [-0.2, -0.15) is 5.10 Å². The molecule has 27 heavy (non-hydrogen) atoms. The van der Waals surface area contributed by atoms with E-state index in [0.717, 1.165) is 44.8 Å². The fourth-order valence-electron chi connectivity index (χ4n) is 3.59. The van der Waals surface area contributed by atoms with Crippen LogP contribution in [0.5, 0.6) is 0 Å². The fourth-order valence-corrected chi connectivity index (χ4v) is 3.59. The Bertz CT molecular complexity index is 1160. The van der Waals surface area contributed by atoms with Gasteiger partial charge in [0.1, 0.15) is 0 Å². The molecule has 0 amide bonds. The minimum Gasteiger partial charge on any atom is -0.258 e. The fraction of sp³-hybridized carbons (Fsp3) is 0.143. The second-order valence-electron chi connectivity index (χ2n) is 6.53. The molecule has 0 fully saturated rings. The Morgan fingerprint density at radius 1 is 0.926 bits per heavy atom. The van der Waals surface area contributed by atoms with Crippen LogP contribution >= 0.6 is 0 Å². The van der Waals surface area contributed by atoms with Gasteiger partial charge in [0.2, 0.25) is 0 Å². The molecule has 0 saturated carbocycles. The van der Waals surface area contributed by atoms with Gasteiger partial charge in [0.05, 0.1) is 16.3 Å². The first-order chi connectivity index (χ1) is 13.0. The number of fused-ring (bicyclic) bond motifs is 1. The number of hydrogen-bond acceptors (Lipinski definition) is 4. The van der Waals surface area contributed by atoms with Gasteiger partial charge < -0.3 is 0 Å². The van der Waals surface area contributed by atoms with Gasteiger partial charge in [-0.25, -0.2) is 9.67 Å². The summed E-state index contributed by atoms with van der Waals surface area (Å²) >= 11 is 0. The molecule has 0 unspecified atom stereocenters. The average Bonchev–Trinajstić information content (AvgIpc) is 2.99. The predicted octanol–water partition coefficient (Wildman–Crippen LogP) is 4.92. The Balaban J connectivity index is 1.94. The van der Waals surface area contributed by atoms with Crippen molar-refractivity contribution in [1.29, 1.82) is 0 Å². The molecule has 4 aromatic rings. The van der Waals surface area contributed by atoms with E-state index in [-0.39, 0.29) is 10.6 Å². The number of para-hydroxylation sites is 1. The van der Waals surface area contributed by atoms with Gasteiger partial charge in [-0.15, -0.1) is 0 Å². The molecule has 0 saturated heterocycles. The van der Waals surface area contributed by atoms with Crippen LogP contribution in [0.1, 0.15) is 17.0 Å². The molecule has 4 rings (SSSR count). The molecule has 2 aromatic heterocycles. The first-order valence-corrected chi connectivity index (χ1v) is 8.64. The molecule has 6 heteroatoms. The third kappa shape index (κ3) is 2.75. The summed E-state index contributed by atoms with van der Waals surface area (Å²) in [7, 11) is 0. The minimum absolute atomic E-state index is 0.0798. The lowest BCUT2D eigenvalue weighted by Crippen LogP contribution is -2.00. The van der Waals surface area contributed by atoms with Crippen molar-refractivity contribution in [3.63, 3.8) is 0 Å². The highest BCUT2D eigenvalue weighted by molar-refractivity contribution is 5.90. The molecular weight excluding hydrogens is 340 g/mol. The summed E-state index contributed by atoms with van der Waals surface area (Å²) in [5.74, 6) is 0. The van der Waals surface area contributed by atoms with E-state index in [4.69, 9.17) is 10.1 Å². The van der Waals surface area contributed by atoms with E-state index in [2.05, 4.69) is 6.92 Å². The van der Waals surface area contributed by atoms with Gasteiger partial charge in [-0.1, -0.05) is 18.2 Å². The predicted molar refractivity (Wildman–Crippen MR) is 105 cm³/mol. The highest BCUT2D eigenvalue weighted by Gasteiger charge is 2.19. The Kier molecular flexibility index (Phi) is 3.96. The molecule has 0 radical (unpaired) electrons. The second-order valence-corrected chi connectivity index (χ2v) is 6.53. The molecule has 0 N–H and O–H groups in total.